The van der Waals surface area contributed by atoms with Gasteiger partial charge in [-0.25, -0.2) is 32.2 Å². The van der Waals surface area contributed by atoms with Crippen molar-refractivity contribution in [1.82, 2.24) is 4.98 Å². The van der Waals surface area contributed by atoms with E-state index in [1.807, 2.05) is 19.1 Å². The molecule has 0 aliphatic heterocycles. The van der Waals surface area contributed by atoms with Crippen molar-refractivity contribution < 1.29 is 42.1 Å². The van der Waals surface area contributed by atoms with E-state index in [1.165, 1.54) is 23.5 Å². The Hall–Kier alpha value is -2.57. The highest BCUT2D eigenvalue weighted by atomic mass is 35.7. The first-order valence-electron chi connectivity index (χ1n) is 8.39. The van der Waals surface area contributed by atoms with Crippen LogP contribution in [0.15, 0.2) is 50.0 Å². The van der Waals surface area contributed by atoms with Crippen molar-refractivity contribution in [3.63, 3.8) is 0 Å². The molecule has 0 spiro atoms. The van der Waals surface area contributed by atoms with Crippen LogP contribution in [0.2, 0.25) is 5.02 Å². The molecule has 2 aromatic carbocycles. The Bertz CT molecular complexity index is 1500. The van der Waals surface area contributed by atoms with Crippen molar-refractivity contribution >= 4 is 54.9 Å². The van der Waals surface area contributed by atoms with Crippen LogP contribution >= 0.6 is 22.9 Å². The second-order valence-corrected chi connectivity index (χ2v) is 8.59. The molecule has 0 bridgehead atoms. The van der Waals surface area contributed by atoms with E-state index in [1.54, 1.807) is 12.1 Å². The van der Waals surface area contributed by atoms with Crippen molar-refractivity contribution in [1.29, 1.82) is 0 Å². The summed E-state index contributed by atoms with van der Waals surface area (Å²) in [6.07, 6.45) is 0. The Morgan fingerprint density at radius 2 is 1.84 bits per heavy atom. The van der Waals surface area contributed by atoms with Crippen LogP contribution in [0.3, 0.4) is 0 Å². The molecule has 0 amide bonds. The smallest absolute Gasteiger partial charge is 0.408 e. The van der Waals surface area contributed by atoms with Crippen LogP contribution < -0.4 is 24.4 Å². The summed E-state index contributed by atoms with van der Waals surface area (Å²) in [6.45, 7) is 1.84. The molecule has 0 saturated heterocycles. The molecule has 0 radical (unpaired) electrons. The average Bonchev–Trinajstić information content (AvgIpc) is 3.16. The van der Waals surface area contributed by atoms with E-state index >= 15 is 0 Å². The van der Waals surface area contributed by atoms with Crippen LogP contribution in [-0.4, -0.2) is 4.98 Å². The van der Waals surface area contributed by atoms with Gasteiger partial charge in [-0.15, -0.1) is 21.6 Å². The van der Waals surface area contributed by atoms with Crippen LogP contribution in [0.25, 0.3) is 42.6 Å². The molecule has 8 nitrogen and oxygen atoms in total. The maximum Gasteiger partial charge on any atom is 0.417 e. The molecule has 0 atom stereocenters. The molecule has 0 saturated carbocycles. The second kappa shape index (κ2) is 7.84. The molecule has 160 valence electrons. The Balaban J connectivity index is 0.000000418. The predicted molar refractivity (Wildman–Crippen MR) is 102 cm³/mol. The largest absolute Gasteiger partial charge is 0.417 e. The highest BCUT2D eigenvalue weighted by Gasteiger charge is 2.26. The zero-order valence-corrected chi connectivity index (χ0v) is 17.7. The number of H-pyrrole nitrogens is 1. The number of fused-ring (bicyclic) bond motifs is 3. The first kappa shape index (κ1) is 21.7. The minimum absolute atomic E-state index is 0.316. The van der Waals surface area contributed by atoms with Gasteiger partial charge in [0, 0.05) is 27.6 Å². The quantitative estimate of drug-likeness (QED) is 0.352. The fourth-order valence-electron chi connectivity index (χ4n) is 3.15. The van der Waals surface area contributed by atoms with Crippen LogP contribution in [0.4, 0.5) is 4.39 Å². The molecule has 0 unspecified atom stereocenters. The van der Waals surface area contributed by atoms with Crippen molar-refractivity contribution in [2.45, 2.75) is 6.92 Å². The van der Waals surface area contributed by atoms with Gasteiger partial charge in [-0.05, 0) is 24.3 Å². The Morgan fingerprint density at radius 1 is 1.13 bits per heavy atom. The van der Waals surface area contributed by atoms with Gasteiger partial charge in [-0.3, -0.25) is 4.98 Å². The number of oxazole rings is 1. The van der Waals surface area contributed by atoms with Gasteiger partial charge in [0.25, 0.3) is 0 Å². The normalized spacial score (nSPS) is 11.8. The predicted octanol–water partition coefficient (Wildman–Crippen LogP) is 1.38. The third-order valence-electron chi connectivity index (χ3n) is 4.26. The summed E-state index contributed by atoms with van der Waals surface area (Å²) in [4.78, 5) is 14.8. The fourth-order valence-corrected chi connectivity index (χ4v) is 4.69. The van der Waals surface area contributed by atoms with Gasteiger partial charge in [0.15, 0.2) is 10.5 Å². The summed E-state index contributed by atoms with van der Waals surface area (Å²) in [5, 5.41) is 2.93. The molecule has 31 heavy (non-hydrogen) atoms. The van der Waals surface area contributed by atoms with Gasteiger partial charge in [0.05, 0.1) is 22.8 Å². The molecule has 1 N–H and O–H groups in total. The summed E-state index contributed by atoms with van der Waals surface area (Å²) in [7, 11) is -4.94. The maximum atomic E-state index is 13.6. The lowest BCUT2D eigenvalue weighted by atomic mass is 10.1. The number of aromatic nitrogens is 1. The minimum Gasteiger partial charge on any atom is -0.408 e. The monoisotopic (exact) mass is 485 g/mol. The highest BCUT2D eigenvalue weighted by Crippen LogP contribution is 2.45. The molecular formula is C19H10Cl2FNO7S. The minimum atomic E-state index is -4.94. The van der Waals surface area contributed by atoms with Gasteiger partial charge in [0.2, 0.25) is 0 Å². The van der Waals surface area contributed by atoms with Crippen LogP contribution in [0, 0.1) is 23.0 Å². The van der Waals surface area contributed by atoms with E-state index in [0.717, 1.165) is 20.9 Å². The van der Waals surface area contributed by atoms with Crippen LogP contribution in [-0.2, 0) is 0 Å². The standard InChI is InChI=1S/C19H9ClFNO3S.ClHO4/c1-8-4-9-5-13-14(25-19(23)22-13)7-12(9)17(24-8)18-16(20)11-3-2-10(21)6-15(11)26-18;2-1(3,4)5/h2-7H,1H3;(H,2,3,4,5). The number of halogens is 3. The molecule has 5 rings (SSSR count). The lowest BCUT2D eigenvalue weighted by Crippen LogP contribution is -2.68. The lowest BCUT2D eigenvalue weighted by molar-refractivity contribution is -2.00. The molecule has 0 aliphatic rings. The van der Waals surface area contributed by atoms with E-state index in [4.69, 9.17) is 39.1 Å². The third kappa shape index (κ3) is 4.55. The Labute approximate surface area is 183 Å². The summed E-state index contributed by atoms with van der Waals surface area (Å²) in [5.41, 5.74) is 1.05. The Morgan fingerprint density at radius 3 is 2.55 bits per heavy atom. The van der Waals surface area contributed by atoms with Crippen LogP contribution in [0.5, 0.6) is 0 Å². The first-order chi connectivity index (χ1) is 14.5. The highest BCUT2D eigenvalue weighted by molar-refractivity contribution is 7.23. The van der Waals surface area contributed by atoms with E-state index in [2.05, 4.69) is 4.98 Å². The van der Waals surface area contributed by atoms with E-state index in [9.17, 15) is 9.18 Å². The zero-order valence-electron chi connectivity index (χ0n) is 15.4. The zero-order chi connectivity index (χ0) is 22.5. The lowest BCUT2D eigenvalue weighted by Gasteiger charge is -2.17. The SMILES string of the molecule is Cc1cc2cc3[nH]c(=O)oc3cc2c(-c2sc3cc(F)ccc3c2Cl)[o+]1.[O-][Cl+3]([O-])([O-])[O-]. The number of benzene rings is 2. The van der Waals surface area contributed by atoms with Crippen molar-refractivity contribution in [2.75, 3.05) is 0 Å². The number of nitrogens with one attached hydrogen (secondary N) is 1. The van der Waals surface area contributed by atoms with Gasteiger partial charge in [-0.1, -0.05) is 11.6 Å². The van der Waals surface area contributed by atoms with Crippen molar-refractivity contribution in [3.8, 4) is 10.6 Å². The maximum absolute atomic E-state index is 13.6. The summed E-state index contributed by atoms with van der Waals surface area (Å²) in [5.74, 6) is 0.430. The van der Waals surface area contributed by atoms with E-state index in [0.29, 0.717) is 32.5 Å². The molecule has 0 aliphatic carbocycles. The Kier molecular flexibility index (Phi) is 5.48. The van der Waals surface area contributed by atoms with Gasteiger partial charge < -0.3 is 4.42 Å². The van der Waals surface area contributed by atoms with Gasteiger partial charge in [-0.2, -0.15) is 0 Å². The fraction of sp³-hybridized carbons (Fsp3) is 0.0526. The van der Waals surface area contributed by atoms with Crippen molar-refractivity contribution in [3.05, 3.63) is 63.5 Å². The topological polar surface area (TPSA) is 150 Å². The molecule has 0 fully saturated rings. The summed E-state index contributed by atoms with van der Waals surface area (Å²) < 4.78 is 59.4. The number of aryl methyl sites for hydroxylation is 1. The summed E-state index contributed by atoms with van der Waals surface area (Å²) in [6, 6.07) is 9.97. The molecule has 3 aromatic heterocycles. The molecule has 12 heteroatoms. The van der Waals surface area contributed by atoms with Crippen LogP contribution in [0.1, 0.15) is 5.76 Å². The molecular weight excluding hydrogens is 476 g/mol. The number of hydrogen-bond acceptors (Lipinski definition) is 7. The average molecular weight is 486 g/mol. The first-order valence-corrected chi connectivity index (χ1v) is 10.8. The third-order valence-corrected chi connectivity index (χ3v) is 5.91. The number of thiophene rings is 1. The van der Waals surface area contributed by atoms with Gasteiger partial charge >= 0.3 is 17.3 Å². The van der Waals surface area contributed by atoms with Crippen molar-refractivity contribution in [2.24, 2.45) is 0 Å². The molecule has 5 aromatic rings. The summed E-state index contributed by atoms with van der Waals surface area (Å²) >= 11 is 7.93. The van der Waals surface area contributed by atoms with E-state index in [-0.39, 0.29) is 5.82 Å². The van der Waals surface area contributed by atoms with Gasteiger partial charge in [0.1, 0.15) is 5.82 Å². The second-order valence-electron chi connectivity index (χ2n) is 6.40. The molecule has 3 heterocycles. The number of aromatic amines is 1. The number of hydrogen-bond donors (Lipinski definition) is 1. The number of rotatable bonds is 1. The van der Waals surface area contributed by atoms with E-state index < -0.39 is 16.0 Å².